The van der Waals surface area contributed by atoms with Crippen LogP contribution in [0.3, 0.4) is 0 Å². The van der Waals surface area contributed by atoms with Crippen LogP contribution in [0.1, 0.15) is 42.6 Å². The second-order valence-corrected chi connectivity index (χ2v) is 3.88. The van der Waals surface area contributed by atoms with Gasteiger partial charge in [-0.15, -0.1) is 0 Å². The van der Waals surface area contributed by atoms with Crippen molar-refractivity contribution in [3.05, 3.63) is 23.3 Å². The number of benzene rings is 1. The highest BCUT2D eigenvalue weighted by molar-refractivity contribution is 5.94. The molecule has 0 spiro atoms. The predicted molar refractivity (Wildman–Crippen MR) is 64.3 cm³/mol. The molecule has 0 saturated heterocycles. The third-order valence-electron chi connectivity index (χ3n) is 2.34. The average molecular weight is 238 g/mol. The first-order valence-corrected chi connectivity index (χ1v) is 5.82. The first-order chi connectivity index (χ1) is 8.10. The Labute approximate surface area is 101 Å². The topological polar surface area (TPSA) is 66.8 Å². The van der Waals surface area contributed by atoms with Crippen molar-refractivity contribution in [1.82, 2.24) is 0 Å². The quantitative estimate of drug-likeness (QED) is 0.774. The Morgan fingerprint density at radius 1 is 1.24 bits per heavy atom. The van der Waals surface area contributed by atoms with E-state index in [1.54, 1.807) is 0 Å². The smallest absolute Gasteiger partial charge is 0.342 e. The van der Waals surface area contributed by atoms with E-state index in [1.165, 1.54) is 6.07 Å². The van der Waals surface area contributed by atoms with Crippen LogP contribution in [0.25, 0.3) is 0 Å². The Hall–Kier alpha value is -1.71. The molecule has 0 fully saturated rings. The van der Waals surface area contributed by atoms with Crippen LogP contribution in [0, 0.1) is 0 Å². The molecule has 0 aromatic heterocycles. The fourth-order valence-electron chi connectivity index (χ4n) is 1.64. The van der Waals surface area contributed by atoms with Crippen LogP contribution in [0.5, 0.6) is 11.5 Å². The lowest BCUT2D eigenvalue weighted by Gasteiger charge is -2.11. The van der Waals surface area contributed by atoms with Crippen molar-refractivity contribution in [2.24, 2.45) is 0 Å². The zero-order chi connectivity index (χ0) is 12.8. The molecule has 0 bridgehead atoms. The molecular weight excluding hydrogens is 220 g/mol. The zero-order valence-corrected chi connectivity index (χ0v) is 10.2. The minimum atomic E-state index is -0.534. The number of carbonyl (C=O) groups excluding carboxylic acids is 1. The molecule has 0 saturated carbocycles. The molecule has 0 unspecified atom stereocenters. The maximum absolute atomic E-state index is 11.8. The fourth-order valence-corrected chi connectivity index (χ4v) is 1.64. The van der Waals surface area contributed by atoms with Crippen molar-refractivity contribution in [1.29, 1.82) is 0 Å². The van der Waals surface area contributed by atoms with Gasteiger partial charge < -0.3 is 14.9 Å². The Kier molecular flexibility index (Phi) is 4.82. The summed E-state index contributed by atoms with van der Waals surface area (Å²) in [6.07, 6.45) is 2.16. The number of ether oxygens (including phenoxy) is 1. The standard InChI is InChI=1S/C13H18O4/c1-3-5-9-7-10(14)8-11(15)12(9)13(16)17-6-4-2/h7-8,14-15H,3-6H2,1-2H3. The molecule has 1 rings (SSSR count). The largest absolute Gasteiger partial charge is 0.508 e. The van der Waals surface area contributed by atoms with E-state index in [-0.39, 0.29) is 17.1 Å². The third-order valence-corrected chi connectivity index (χ3v) is 2.34. The van der Waals surface area contributed by atoms with E-state index in [2.05, 4.69) is 0 Å². The summed E-state index contributed by atoms with van der Waals surface area (Å²) in [6.45, 7) is 4.18. The summed E-state index contributed by atoms with van der Waals surface area (Å²) in [6, 6.07) is 2.65. The van der Waals surface area contributed by atoms with Crippen molar-refractivity contribution >= 4 is 5.97 Å². The lowest BCUT2D eigenvalue weighted by Crippen LogP contribution is -2.09. The minimum absolute atomic E-state index is 0.0435. The molecule has 4 heteroatoms. The zero-order valence-electron chi connectivity index (χ0n) is 10.2. The molecule has 0 aliphatic rings. The van der Waals surface area contributed by atoms with Crippen LogP contribution < -0.4 is 0 Å². The van der Waals surface area contributed by atoms with Crippen molar-refractivity contribution in [2.75, 3.05) is 6.61 Å². The van der Waals surface area contributed by atoms with Gasteiger partial charge in [0.25, 0.3) is 0 Å². The maximum atomic E-state index is 11.8. The van der Waals surface area contributed by atoms with Crippen molar-refractivity contribution in [3.8, 4) is 11.5 Å². The number of rotatable bonds is 5. The summed E-state index contributed by atoms with van der Waals surface area (Å²) < 4.78 is 5.00. The molecule has 1 aromatic carbocycles. The molecular formula is C13H18O4. The van der Waals surface area contributed by atoms with Gasteiger partial charge in [-0.3, -0.25) is 0 Å². The predicted octanol–water partition coefficient (Wildman–Crippen LogP) is 2.62. The third kappa shape index (κ3) is 3.37. The van der Waals surface area contributed by atoms with E-state index in [0.29, 0.717) is 18.6 Å². The van der Waals surface area contributed by atoms with Gasteiger partial charge in [-0.2, -0.15) is 0 Å². The number of hydrogen-bond donors (Lipinski definition) is 2. The van der Waals surface area contributed by atoms with Crippen molar-refractivity contribution in [2.45, 2.75) is 33.1 Å². The van der Waals surface area contributed by atoms with Gasteiger partial charge >= 0.3 is 5.97 Å². The van der Waals surface area contributed by atoms with E-state index in [1.807, 2.05) is 13.8 Å². The molecule has 94 valence electrons. The normalized spacial score (nSPS) is 10.2. The molecule has 0 heterocycles. The number of aromatic hydroxyl groups is 2. The van der Waals surface area contributed by atoms with Crippen LogP contribution in [0.2, 0.25) is 0 Å². The highest BCUT2D eigenvalue weighted by Crippen LogP contribution is 2.28. The first-order valence-electron chi connectivity index (χ1n) is 5.82. The molecule has 2 N–H and O–H groups in total. The van der Waals surface area contributed by atoms with Gasteiger partial charge in [-0.05, 0) is 24.5 Å². The van der Waals surface area contributed by atoms with E-state index in [9.17, 15) is 15.0 Å². The van der Waals surface area contributed by atoms with Gasteiger partial charge in [0.2, 0.25) is 0 Å². The molecule has 0 aliphatic heterocycles. The Bertz CT molecular complexity index is 399. The maximum Gasteiger partial charge on any atom is 0.342 e. The number of phenols is 2. The van der Waals surface area contributed by atoms with E-state index in [0.717, 1.165) is 18.9 Å². The molecule has 1 aromatic rings. The Balaban J connectivity index is 3.06. The molecule has 0 amide bonds. The summed E-state index contributed by atoms with van der Waals surface area (Å²) in [5.41, 5.74) is 0.782. The first kappa shape index (κ1) is 13.4. The van der Waals surface area contributed by atoms with Gasteiger partial charge in [-0.1, -0.05) is 20.3 Å². The summed E-state index contributed by atoms with van der Waals surface area (Å²) in [5.74, 6) is -0.805. The number of esters is 1. The number of hydrogen-bond acceptors (Lipinski definition) is 4. The second-order valence-electron chi connectivity index (χ2n) is 3.88. The van der Waals surface area contributed by atoms with Gasteiger partial charge in [0.1, 0.15) is 17.1 Å². The monoisotopic (exact) mass is 238 g/mol. The average Bonchev–Trinajstić information content (AvgIpc) is 2.25. The lowest BCUT2D eigenvalue weighted by molar-refractivity contribution is 0.0500. The van der Waals surface area contributed by atoms with Crippen LogP contribution in [-0.4, -0.2) is 22.8 Å². The molecule has 0 aliphatic carbocycles. The summed E-state index contributed by atoms with van der Waals surface area (Å²) in [5, 5.41) is 19.1. The van der Waals surface area contributed by atoms with Gasteiger partial charge in [0.05, 0.1) is 6.61 Å². The van der Waals surface area contributed by atoms with E-state index in [4.69, 9.17) is 4.74 Å². The van der Waals surface area contributed by atoms with Crippen LogP contribution in [0.4, 0.5) is 0 Å². The van der Waals surface area contributed by atoms with Crippen LogP contribution in [-0.2, 0) is 11.2 Å². The van der Waals surface area contributed by atoms with Gasteiger partial charge in [-0.25, -0.2) is 4.79 Å². The Morgan fingerprint density at radius 3 is 2.53 bits per heavy atom. The number of aryl methyl sites for hydroxylation is 1. The lowest BCUT2D eigenvalue weighted by atomic mass is 10.0. The SMILES string of the molecule is CCCOC(=O)c1c(O)cc(O)cc1CCC. The molecule has 0 radical (unpaired) electrons. The number of carbonyl (C=O) groups is 1. The van der Waals surface area contributed by atoms with Gasteiger partial charge in [0.15, 0.2) is 0 Å². The Morgan fingerprint density at radius 2 is 1.94 bits per heavy atom. The van der Waals surface area contributed by atoms with E-state index >= 15 is 0 Å². The molecule has 4 nitrogen and oxygen atoms in total. The molecule has 0 atom stereocenters. The number of phenolic OH excluding ortho intramolecular Hbond substituents is 2. The van der Waals surface area contributed by atoms with Crippen LogP contribution in [0.15, 0.2) is 12.1 Å². The van der Waals surface area contributed by atoms with Crippen molar-refractivity contribution < 1.29 is 19.7 Å². The minimum Gasteiger partial charge on any atom is -0.508 e. The summed E-state index contributed by atoms with van der Waals surface area (Å²) in [4.78, 5) is 11.8. The summed E-state index contributed by atoms with van der Waals surface area (Å²) in [7, 11) is 0. The van der Waals surface area contributed by atoms with E-state index < -0.39 is 5.97 Å². The highest BCUT2D eigenvalue weighted by Gasteiger charge is 2.18. The van der Waals surface area contributed by atoms with Gasteiger partial charge in [0, 0.05) is 6.07 Å². The summed E-state index contributed by atoms with van der Waals surface area (Å²) >= 11 is 0. The fraction of sp³-hybridized carbons (Fsp3) is 0.462. The van der Waals surface area contributed by atoms with Crippen LogP contribution >= 0.6 is 0 Å². The van der Waals surface area contributed by atoms with Crippen molar-refractivity contribution in [3.63, 3.8) is 0 Å². The molecule has 17 heavy (non-hydrogen) atoms. The second kappa shape index (κ2) is 6.13. The highest BCUT2D eigenvalue weighted by atomic mass is 16.5.